The molecule has 0 saturated heterocycles. The summed E-state index contributed by atoms with van der Waals surface area (Å²) in [6, 6.07) is 4.76. The molecule has 0 atom stereocenters. The number of nitrogens with one attached hydrogen (secondary N) is 1. The molecule has 5 heteroatoms. The van der Waals surface area contributed by atoms with Gasteiger partial charge < -0.3 is 5.32 Å². The maximum Gasteiger partial charge on any atom is 0.142 e. The summed E-state index contributed by atoms with van der Waals surface area (Å²) in [6.07, 6.45) is 3.57. The van der Waals surface area contributed by atoms with E-state index in [1.165, 1.54) is 6.07 Å². The summed E-state index contributed by atoms with van der Waals surface area (Å²) in [5, 5.41) is 7.30. The number of hydrogen-bond acceptors (Lipinski definition) is 2. The molecule has 0 unspecified atom stereocenters. The first kappa shape index (κ1) is 11.0. The predicted octanol–water partition coefficient (Wildman–Crippen LogP) is 2.82. The van der Waals surface area contributed by atoms with Crippen LogP contribution in [-0.2, 0) is 13.6 Å². The van der Waals surface area contributed by atoms with Crippen molar-refractivity contribution in [3.63, 3.8) is 0 Å². The molecule has 0 aliphatic carbocycles. The molecule has 1 aromatic carbocycles. The molecule has 0 radical (unpaired) electrons. The Balaban J connectivity index is 2.02. The van der Waals surface area contributed by atoms with Crippen molar-refractivity contribution in [1.29, 1.82) is 0 Å². The van der Waals surface area contributed by atoms with Crippen molar-refractivity contribution >= 4 is 17.3 Å². The van der Waals surface area contributed by atoms with E-state index in [0.717, 1.165) is 11.3 Å². The smallest absolute Gasteiger partial charge is 0.142 e. The first-order valence-electron chi connectivity index (χ1n) is 4.81. The second-order valence-electron chi connectivity index (χ2n) is 3.50. The van der Waals surface area contributed by atoms with Crippen LogP contribution in [0.1, 0.15) is 5.56 Å². The van der Waals surface area contributed by atoms with Crippen molar-refractivity contribution in [3.8, 4) is 0 Å². The lowest BCUT2D eigenvalue weighted by Gasteiger charge is -2.04. The van der Waals surface area contributed by atoms with Crippen LogP contribution in [0, 0.1) is 5.82 Å². The van der Waals surface area contributed by atoms with Gasteiger partial charge in [0.2, 0.25) is 0 Å². The van der Waals surface area contributed by atoms with Crippen molar-refractivity contribution in [1.82, 2.24) is 9.78 Å². The van der Waals surface area contributed by atoms with Gasteiger partial charge >= 0.3 is 0 Å². The average Bonchev–Trinajstić information content (AvgIpc) is 2.66. The van der Waals surface area contributed by atoms with E-state index < -0.39 is 5.82 Å². The van der Waals surface area contributed by atoms with Crippen LogP contribution < -0.4 is 5.32 Å². The molecule has 0 saturated carbocycles. The van der Waals surface area contributed by atoms with Crippen molar-refractivity contribution in [2.75, 3.05) is 5.32 Å². The van der Waals surface area contributed by atoms with E-state index in [2.05, 4.69) is 10.4 Å². The summed E-state index contributed by atoms with van der Waals surface area (Å²) < 4.78 is 14.8. The monoisotopic (exact) mass is 239 g/mol. The minimum atomic E-state index is -0.396. The highest BCUT2D eigenvalue weighted by molar-refractivity contribution is 6.30. The van der Waals surface area contributed by atoms with Gasteiger partial charge in [-0.3, -0.25) is 4.68 Å². The molecule has 16 heavy (non-hydrogen) atoms. The van der Waals surface area contributed by atoms with Gasteiger partial charge in [0.05, 0.1) is 16.9 Å². The van der Waals surface area contributed by atoms with E-state index in [1.807, 2.05) is 13.2 Å². The molecular weight excluding hydrogens is 229 g/mol. The molecule has 0 aliphatic rings. The van der Waals surface area contributed by atoms with Crippen molar-refractivity contribution in [2.24, 2.45) is 7.05 Å². The molecule has 1 heterocycles. The number of aryl methyl sites for hydroxylation is 1. The van der Waals surface area contributed by atoms with Crippen LogP contribution in [0.15, 0.2) is 30.6 Å². The maximum absolute atomic E-state index is 13.1. The summed E-state index contributed by atoms with van der Waals surface area (Å²) >= 11 is 5.59. The molecular formula is C11H11ClFN3. The fourth-order valence-electron chi connectivity index (χ4n) is 1.37. The van der Waals surface area contributed by atoms with Gasteiger partial charge in [0.25, 0.3) is 0 Å². The molecule has 2 aromatic rings. The zero-order chi connectivity index (χ0) is 11.5. The Morgan fingerprint density at radius 1 is 1.50 bits per heavy atom. The molecule has 1 N–H and O–H groups in total. The molecule has 0 aliphatic heterocycles. The molecule has 2 rings (SSSR count). The minimum Gasteiger partial charge on any atom is -0.378 e. The quantitative estimate of drug-likeness (QED) is 0.893. The van der Waals surface area contributed by atoms with Gasteiger partial charge in [0.1, 0.15) is 5.82 Å². The van der Waals surface area contributed by atoms with Gasteiger partial charge in [-0.1, -0.05) is 17.7 Å². The fourth-order valence-corrected chi connectivity index (χ4v) is 1.48. The first-order valence-corrected chi connectivity index (χ1v) is 5.19. The number of hydrogen-bond donors (Lipinski definition) is 1. The SMILES string of the molecule is Cn1cc(NCc2ccc(Cl)c(F)c2)cn1. The van der Waals surface area contributed by atoms with Gasteiger partial charge in [-0.05, 0) is 17.7 Å². The van der Waals surface area contributed by atoms with Crippen molar-refractivity contribution in [3.05, 3.63) is 47.0 Å². The summed E-state index contributed by atoms with van der Waals surface area (Å²) in [4.78, 5) is 0. The highest BCUT2D eigenvalue weighted by Crippen LogP contribution is 2.16. The van der Waals surface area contributed by atoms with Crippen molar-refractivity contribution < 1.29 is 4.39 Å². The lowest BCUT2D eigenvalue weighted by atomic mass is 10.2. The third-order valence-electron chi connectivity index (χ3n) is 2.19. The van der Waals surface area contributed by atoms with Crippen LogP contribution in [0.3, 0.4) is 0 Å². The normalized spacial score (nSPS) is 10.4. The number of halogens is 2. The third kappa shape index (κ3) is 2.52. The van der Waals surface area contributed by atoms with Crippen LogP contribution in [0.5, 0.6) is 0 Å². The second kappa shape index (κ2) is 4.53. The number of benzene rings is 1. The minimum absolute atomic E-state index is 0.144. The van der Waals surface area contributed by atoms with Gasteiger partial charge in [-0.25, -0.2) is 4.39 Å². The van der Waals surface area contributed by atoms with E-state index in [-0.39, 0.29) is 5.02 Å². The Labute approximate surface area is 97.8 Å². The summed E-state index contributed by atoms with van der Waals surface area (Å²) in [5.74, 6) is -0.396. The Hall–Kier alpha value is -1.55. The number of rotatable bonds is 3. The van der Waals surface area contributed by atoms with Gasteiger partial charge in [-0.2, -0.15) is 5.10 Å². The molecule has 0 bridgehead atoms. The average molecular weight is 240 g/mol. The standard InChI is InChI=1S/C11H11ClFN3/c1-16-7-9(6-15-16)14-5-8-2-3-10(12)11(13)4-8/h2-4,6-7,14H,5H2,1H3. The van der Waals surface area contributed by atoms with E-state index in [4.69, 9.17) is 11.6 Å². The molecule has 1 aromatic heterocycles. The topological polar surface area (TPSA) is 29.9 Å². The Morgan fingerprint density at radius 3 is 2.94 bits per heavy atom. The molecule has 0 fully saturated rings. The van der Waals surface area contributed by atoms with Gasteiger partial charge in [-0.15, -0.1) is 0 Å². The Kier molecular flexibility index (Phi) is 3.10. The van der Waals surface area contributed by atoms with Gasteiger partial charge in [0, 0.05) is 19.8 Å². The van der Waals surface area contributed by atoms with E-state index in [0.29, 0.717) is 6.54 Å². The predicted molar refractivity (Wildman–Crippen MR) is 61.9 cm³/mol. The summed E-state index contributed by atoms with van der Waals surface area (Å²) in [7, 11) is 1.84. The maximum atomic E-state index is 13.1. The third-order valence-corrected chi connectivity index (χ3v) is 2.49. The van der Waals surface area contributed by atoms with E-state index in [1.54, 1.807) is 23.0 Å². The summed E-state index contributed by atoms with van der Waals surface area (Å²) in [6.45, 7) is 0.541. The molecule has 0 spiro atoms. The Bertz CT molecular complexity index is 496. The molecule has 84 valence electrons. The highest BCUT2D eigenvalue weighted by atomic mass is 35.5. The van der Waals surface area contributed by atoms with Gasteiger partial charge in [0.15, 0.2) is 0 Å². The van der Waals surface area contributed by atoms with Crippen LogP contribution in [0.2, 0.25) is 5.02 Å². The first-order chi connectivity index (χ1) is 7.65. The number of anilines is 1. The van der Waals surface area contributed by atoms with Crippen LogP contribution >= 0.6 is 11.6 Å². The largest absolute Gasteiger partial charge is 0.378 e. The zero-order valence-corrected chi connectivity index (χ0v) is 9.50. The van der Waals surface area contributed by atoms with E-state index >= 15 is 0 Å². The fraction of sp³-hybridized carbons (Fsp3) is 0.182. The Morgan fingerprint density at radius 2 is 2.31 bits per heavy atom. The number of nitrogens with zero attached hydrogens (tertiary/aromatic N) is 2. The van der Waals surface area contributed by atoms with Crippen LogP contribution in [0.4, 0.5) is 10.1 Å². The van der Waals surface area contributed by atoms with E-state index in [9.17, 15) is 4.39 Å². The van der Waals surface area contributed by atoms with Crippen molar-refractivity contribution in [2.45, 2.75) is 6.54 Å². The molecule has 3 nitrogen and oxygen atoms in total. The lowest BCUT2D eigenvalue weighted by molar-refractivity contribution is 0.626. The zero-order valence-electron chi connectivity index (χ0n) is 8.74. The molecule has 0 amide bonds. The number of aromatic nitrogens is 2. The highest BCUT2D eigenvalue weighted by Gasteiger charge is 2.01. The summed E-state index contributed by atoms with van der Waals surface area (Å²) in [5.41, 5.74) is 1.74. The van der Waals surface area contributed by atoms with Crippen LogP contribution in [-0.4, -0.2) is 9.78 Å². The second-order valence-corrected chi connectivity index (χ2v) is 3.91. The lowest BCUT2D eigenvalue weighted by Crippen LogP contribution is -1.98. The van der Waals surface area contributed by atoms with Crippen LogP contribution in [0.25, 0.3) is 0 Å².